The predicted molar refractivity (Wildman–Crippen MR) is 153 cm³/mol. The normalized spacial score (nSPS) is 12.2. The lowest BCUT2D eigenvalue weighted by Crippen LogP contribution is -2.35. The number of H-pyrrole nitrogens is 1. The van der Waals surface area contributed by atoms with Crippen LogP contribution in [0.3, 0.4) is 0 Å². The zero-order valence-electron chi connectivity index (χ0n) is 22.8. The minimum absolute atomic E-state index is 0.206. The molecule has 41 heavy (non-hydrogen) atoms. The molecular weight excluding hydrogens is 518 g/mol. The van der Waals surface area contributed by atoms with Crippen LogP contribution in [-0.2, 0) is 19.6 Å². The Kier molecular flexibility index (Phi) is 7.38. The maximum atomic E-state index is 13.8. The maximum absolute atomic E-state index is 13.8. The Bertz CT molecular complexity index is 1800. The molecule has 0 unspecified atom stereocenters. The summed E-state index contributed by atoms with van der Waals surface area (Å²) in [5, 5.41) is 13.8. The van der Waals surface area contributed by atoms with Crippen molar-refractivity contribution in [3.05, 3.63) is 136 Å². The number of nitrogens with zero attached hydrogens (tertiary/aromatic N) is 6. The Labute approximate surface area is 236 Å². The van der Waals surface area contributed by atoms with E-state index in [2.05, 4.69) is 30.4 Å². The number of hydrogen-bond acceptors (Lipinski definition) is 8. The highest BCUT2D eigenvalue weighted by atomic mass is 16.5. The van der Waals surface area contributed by atoms with E-state index in [1.807, 2.05) is 85.9 Å². The Balaban J connectivity index is 1.50. The van der Waals surface area contributed by atoms with Crippen LogP contribution in [0.15, 0.2) is 101 Å². The molecule has 0 bridgehead atoms. The Hall–Kier alpha value is -5.09. The molecule has 1 N–H and O–H groups in total. The van der Waals surface area contributed by atoms with Crippen LogP contribution in [0.5, 0.6) is 5.75 Å². The molecule has 6 rings (SSSR count). The summed E-state index contributed by atoms with van der Waals surface area (Å²) in [5.74, 6) is 2.05. The third-order valence-electron chi connectivity index (χ3n) is 7.03. The number of methoxy groups -OCH3 is 1. The highest BCUT2D eigenvalue weighted by Crippen LogP contribution is 2.30. The van der Waals surface area contributed by atoms with Crippen molar-refractivity contribution in [2.45, 2.75) is 32.6 Å². The van der Waals surface area contributed by atoms with Gasteiger partial charge in [0.2, 0.25) is 0 Å². The highest BCUT2D eigenvalue weighted by molar-refractivity contribution is 5.79. The molecule has 0 saturated carbocycles. The van der Waals surface area contributed by atoms with Crippen LogP contribution in [0.2, 0.25) is 0 Å². The van der Waals surface area contributed by atoms with Gasteiger partial charge < -0.3 is 14.1 Å². The standard InChI is InChI=1S/C31H29N7O3/c1-21-7-10-24-16-27(31(39)33-28(24)15-21)29(30-34-35-36-38(30)19-22-8-11-25(40-2)12-9-22)37(20-26-6-4-14-41-26)18-23-5-3-13-32-17-23/h3-17,29H,18-20H2,1-2H3,(H,33,39)/t29-/m0/s1. The first-order valence-corrected chi connectivity index (χ1v) is 13.3. The van der Waals surface area contributed by atoms with E-state index >= 15 is 0 Å². The molecule has 0 aliphatic carbocycles. The molecule has 4 heterocycles. The van der Waals surface area contributed by atoms with Gasteiger partial charge in [0.05, 0.1) is 26.5 Å². The predicted octanol–water partition coefficient (Wildman–Crippen LogP) is 4.66. The molecule has 0 aliphatic heterocycles. The summed E-state index contributed by atoms with van der Waals surface area (Å²) in [6.07, 6.45) is 5.20. The first kappa shape index (κ1) is 26.1. The Morgan fingerprint density at radius 1 is 1.02 bits per heavy atom. The van der Waals surface area contributed by atoms with Crippen molar-refractivity contribution in [2.24, 2.45) is 0 Å². The van der Waals surface area contributed by atoms with Crippen molar-refractivity contribution in [2.75, 3.05) is 7.11 Å². The van der Waals surface area contributed by atoms with Gasteiger partial charge >= 0.3 is 0 Å². The van der Waals surface area contributed by atoms with Crippen molar-refractivity contribution in [1.82, 2.24) is 35.1 Å². The molecule has 6 aromatic rings. The highest BCUT2D eigenvalue weighted by Gasteiger charge is 2.31. The van der Waals surface area contributed by atoms with Crippen LogP contribution in [0, 0.1) is 6.92 Å². The zero-order valence-corrected chi connectivity index (χ0v) is 22.8. The summed E-state index contributed by atoms with van der Waals surface area (Å²) in [6, 6.07) is 22.8. The van der Waals surface area contributed by atoms with Gasteiger partial charge in [0, 0.05) is 30.0 Å². The molecule has 2 aromatic carbocycles. The van der Waals surface area contributed by atoms with Gasteiger partial charge in [-0.2, -0.15) is 0 Å². The van der Waals surface area contributed by atoms with Crippen LogP contribution in [0.4, 0.5) is 0 Å². The smallest absolute Gasteiger partial charge is 0.253 e. The number of aromatic nitrogens is 6. The minimum Gasteiger partial charge on any atom is -0.497 e. The molecule has 10 heteroatoms. The lowest BCUT2D eigenvalue weighted by molar-refractivity contribution is 0.179. The largest absolute Gasteiger partial charge is 0.497 e. The van der Waals surface area contributed by atoms with E-state index < -0.39 is 6.04 Å². The fraction of sp³-hybridized carbons (Fsp3) is 0.194. The summed E-state index contributed by atoms with van der Waals surface area (Å²) in [4.78, 5) is 23.3. The van der Waals surface area contributed by atoms with E-state index in [4.69, 9.17) is 9.15 Å². The van der Waals surface area contributed by atoms with Crippen LogP contribution in [-0.4, -0.2) is 42.2 Å². The molecule has 206 valence electrons. The van der Waals surface area contributed by atoms with Gasteiger partial charge in [-0.1, -0.05) is 30.3 Å². The van der Waals surface area contributed by atoms with Gasteiger partial charge in [-0.25, -0.2) is 4.68 Å². The molecule has 4 aromatic heterocycles. The Morgan fingerprint density at radius 2 is 1.90 bits per heavy atom. The van der Waals surface area contributed by atoms with Crippen molar-refractivity contribution >= 4 is 10.9 Å². The molecule has 0 saturated heterocycles. The van der Waals surface area contributed by atoms with Crippen molar-refractivity contribution in [3.8, 4) is 5.75 Å². The van der Waals surface area contributed by atoms with E-state index in [0.29, 0.717) is 31.0 Å². The summed E-state index contributed by atoms with van der Waals surface area (Å²) >= 11 is 0. The van der Waals surface area contributed by atoms with Gasteiger partial charge in [-0.3, -0.25) is 14.7 Å². The number of aromatic amines is 1. The molecule has 0 aliphatic rings. The van der Waals surface area contributed by atoms with Gasteiger partial charge in [-0.05, 0) is 81.9 Å². The topological polar surface area (TPSA) is 115 Å². The number of aryl methyl sites for hydroxylation is 1. The first-order valence-electron chi connectivity index (χ1n) is 13.3. The molecule has 0 spiro atoms. The number of fused-ring (bicyclic) bond motifs is 1. The van der Waals surface area contributed by atoms with E-state index in [1.165, 1.54) is 0 Å². The van der Waals surface area contributed by atoms with E-state index in [-0.39, 0.29) is 5.56 Å². The van der Waals surface area contributed by atoms with Crippen molar-refractivity contribution < 1.29 is 9.15 Å². The number of pyridine rings is 2. The summed E-state index contributed by atoms with van der Waals surface area (Å²) in [7, 11) is 1.64. The van der Waals surface area contributed by atoms with Crippen LogP contribution < -0.4 is 10.3 Å². The van der Waals surface area contributed by atoms with Crippen LogP contribution >= 0.6 is 0 Å². The monoisotopic (exact) mass is 547 g/mol. The number of hydrogen-bond donors (Lipinski definition) is 1. The number of ether oxygens (including phenoxy) is 1. The molecule has 1 atom stereocenters. The third-order valence-corrected chi connectivity index (χ3v) is 7.03. The summed E-state index contributed by atoms with van der Waals surface area (Å²) < 4.78 is 12.8. The van der Waals surface area contributed by atoms with Gasteiger partial charge in [0.25, 0.3) is 5.56 Å². The average molecular weight is 548 g/mol. The summed E-state index contributed by atoms with van der Waals surface area (Å²) in [6.45, 7) is 3.29. The number of rotatable bonds is 10. The summed E-state index contributed by atoms with van der Waals surface area (Å²) in [5.41, 5.74) is 4.14. The van der Waals surface area contributed by atoms with E-state index in [0.717, 1.165) is 39.1 Å². The fourth-order valence-corrected chi connectivity index (χ4v) is 5.03. The first-order chi connectivity index (χ1) is 20.1. The lowest BCUT2D eigenvalue weighted by atomic mass is 10.0. The number of tetrazole rings is 1. The van der Waals surface area contributed by atoms with E-state index in [9.17, 15) is 4.79 Å². The number of benzene rings is 2. The second-order valence-electron chi connectivity index (χ2n) is 9.94. The molecule has 0 amide bonds. The lowest BCUT2D eigenvalue weighted by Gasteiger charge is -2.30. The fourth-order valence-electron chi connectivity index (χ4n) is 5.03. The SMILES string of the molecule is COc1ccc(Cn2nnnc2[C@H](c2cc3ccc(C)cc3[nH]c2=O)N(Cc2cccnc2)Cc2ccco2)cc1. The van der Waals surface area contributed by atoms with Gasteiger partial charge in [0.1, 0.15) is 17.6 Å². The third kappa shape index (κ3) is 5.78. The molecular formula is C31H29N7O3. The van der Waals surface area contributed by atoms with Crippen LogP contribution in [0.25, 0.3) is 10.9 Å². The van der Waals surface area contributed by atoms with Crippen molar-refractivity contribution in [1.29, 1.82) is 0 Å². The number of furan rings is 1. The molecule has 0 fully saturated rings. The molecule has 10 nitrogen and oxygen atoms in total. The number of nitrogens with one attached hydrogen (secondary N) is 1. The van der Waals surface area contributed by atoms with Crippen LogP contribution in [0.1, 0.15) is 39.9 Å². The van der Waals surface area contributed by atoms with Crippen molar-refractivity contribution in [3.63, 3.8) is 0 Å². The Morgan fingerprint density at radius 3 is 2.66 bits per heavy atom. The zero-order chi connectivity index (χ0) is 28.2. The van der Waals surface area contributed by atoms with E-state index in [1.54, 1.807) is 24.3 Å². The van der Waals surface area contributed by atoms with Gasteiger partial charge in [0.15, 0.2) is 5.82 Å². The minimum atomic E-state index is -0.608. The van der Waals surface area contributed by atoms with Gasteiger partial charge in [-0.15, -0.1) is 5.10 Å². The average Bonchev–Trinajstić information content (AvgIpc) is 3.67. The quantitative estimate of drug-likeness (QED) is 0.263. The maximum Gasteiger partial charge on any atom is 0.253 e. The second-order valence-corrected chi connectivity index (χ2v) is 9.94. The molecule has 0 radical (unpaired) electrons. The second kappa shape index (κ2) is 11.6.